The van der Waals surface area contributed by atoms with E-state index in [0.29, 0.717) is 0 Å². The molecule has 14 heavy (non-hydrogen) atoms. The Morgan fingerprint density at radius 1 is 1.50 bits per heavy atom. The fraction of sp³-hybridized carbons (Fsp3) is 0.778. The van der Waals surface area contributed by atoms with Crippen LogP contribution in [0.2, 0.25) is 0 Å². The van der Waals surface area contributed by atoms with Crippen LogP contribution in [0.25, 0.3) is 0 Å². The molecule has 2 aliphatic rings. The van der Waals surface area contributed by atoms with E-state index in [-0.39, 0.29) is 6.04 Å². The maximum Gasteiger partial charge on any atom is 0.244 e. The lowest BCUT2D eigenvalue weighted by Gasteiger charge is -2.00. The summed E-state index contributed by atoms with van der Waals surface area (Å²) in [5, 5.41) is 7.33. The lowest BCUT2D eigenvalue weighted by molar-refractivity contribution is 0.346. The minimum absolute atomic E-state index is 0.278. The molecule has 76 valence electrons. The van der Waals surface area contributed by atoms with Crippen molar-refractivity contribution in [1.29, 1.82) is 0 Å². The number of nitrogens with one attached hydrogen (secondary N) is 1. The maximum absolute atomic E-state index is 5.24. The van der Waals surface area contributed by atoms with Crippen LogP contribution in [0.1, 0.15) is 30.6 Å². The van der Waals surface area contributed by atoms with Crippen LogP contribution < -0.4 is 5.32 Å². The van der Waals surface area contributed by atoms with Crippen molar-refractivity contribution in [2.45, 2.75) is 25.3 Å². The van der Waals surface area contributed by atoms with E-state index in [4.69, 9.17) is 4.52 Å². The molecule has 1 aliphatic carbocycles. The molecule has 5 heteroatoms. The van der Waals surface area contributed by atoms with Gasteiger partial charge in [-0.15, -0.1) is 11.8 Å². The molecule has 1 atom stereocenters. The Labute approximate surface area is 86.8 Å². The second-order valence-electron chi connectivity index (χ2n) is 3.97. The second kappa shape index (κ2) is 3.55. The number of hydrogen-bond donors (Lipinski definition) is 1. The summed E-state index contributed by atoms with van der Waals surface area (Å²) >= 11 is 1.87. The molecule has 1 saturated heterocycles. The molecule has 1 aromatic rings. The summed E-state index contributed by atoms with van der Waals surface area (Å²) in [5.74, 6) is 4.52. The molecule has 0 spiro atoms. The van der Waals surface area contributed by atoms with E-state index in [1.165, 1.54) is 12.8 Å². The van der Waals surface area contributed by atoms with Gasteiger partial charge in [-0.1, -0.05) is 5.16 Å². The first-order chi connectivity index (χ1) is 6.92. The SMILES string of the molecule is C1N[C@@H](c2nc(CC3CC3)no2)CS1. The van der Waals surface area contributed by atoms with Crippen LogP contribution in [0.15, 0.2) is 4.52 Å². The predicted octanol–water partition coefficient (Wildman–Crippen LogP) is 1.36. The molecule has 1 saturated carbocycles. The fourth-order valence-corrected chi connectivity index (χ4v) is 2.56. The van der Waals surface area contributed by atoms with Crippen molar-refractivity contribution < 1.29 is 4.52 Å². The Balaban J connectivity index is 1.68. The van der Waals surface area contributed by atoms with Gasteiger partial charge < -0.3 is 4.52 Å². The largest absolute Gasteiger partial charge is 0.338 e. The van der Waals surface area contributed by atoms with Crippen LogP contribution in [0, 0.1) is 5.92 Å². The first-order valence-electron chi connectivity index (χ1n) is 5.05. The molecule has 1 N–H and O–H groups in total. The van der Waals surface area contributed by atoms with Gasteiger partial charge in [-0.3, -0.25) is 5.32 Å². The molecule has 2 fully saturated rings. The quantitative estimate of drug-likeness (QED) is 0.818. The van der Waals surface area contributed by atoms with Crippen LogP contribution in [-0.2, 0) is 6.42 Å². The lowest BCUT2D eigenvalue weighted by Crippen LogP contribution is -2.14. The number of hydrogen-bond acceptors (Lipinski definition) is 5. The van der Waals surface area contributed by atoms with Crippen LogP contribution in [0.4, 0.5) is 0 Å². The smallest absolute Gasteiger partial charge is 0.244 e. The lowest BCUT2D eigenvalue weighted by atomic mass is 10.3. The van der Waals surface area contributed by atoms with Crippen LogP contribution >= 0.6 is 11.8 Å². The minimum atomic E-state index is 0.278. The van der Waals surface area contributed by atoms with Gasteiger partial charge in [0.05, 0.1) is 6.04 Å². The molecule has 4 nitrogen and oxygen atoms in total. The van der Waals surface area contributed by atoms with E-state index < -0.39 is 0 Å². The first kappa shape index (κ1) is 8.73. The van der Waals surface area contributed by atoms with Crippen molar-refractivity contribution in [3.63, 3.8) is 0 Å². The van der Waals surface area contributed by atoms with Gasteiger partial charge >= 0.3 is 0 Å². The summed E-state index contributed by atoms with van der Waals surface area (Å²) in [6.45, 7) is 0. The van der Waals surface area contributed by atoms with Crippen LogP contribution in [0.3, 0.4) is 0 Å². The maximum atomic E-state index is 5.24. The van der Waals surface area contributed by atoms with Crippen LogP contribution in [0.5, 0.6) is 0 Å². The van der Waals surface area contributed by atoms with E-state index in [9.17, 15) is 0 Å². The third-order valence-electron chi connectivity index (χ3n) is 2.67. The molecule has 0 bridgehead atoms. The molecule has 0 amide bonds. The zero-order chi connectivity index (χ0) is 9.38. The van der Waals surface area contributed by atoms with Crippen molar-refractivity contribution in [2.24, 2.45) is 5.92 Å². The van der Waals surface area contributed by atoms with Gasteiger partial charge in [-0.2, -0.15) is 4.98 Å². The topological polar surface area (TPSA) is 51.0 Å². The Kier molecular flexibility index (Phi) is 2.21. The van der Waals surface area contributed by atoms with E-state index in [1.54, 1.807) is 0 Å². The second-order valence-corrected chi connectivity index (χ2v) is 5.00. The highest BCUT2D eigenvalue weighted by molar-refractivity contribution is 7.99. The van der Waals surface area contributed by atoms with Crippen molar-refractivity contribution in [3.05, 3.63) is 11.7 Å². The average Bonchev–Trinajstić information content (AvgIpc) is 2.71. The highest BCUT2D eigenvalue weighted by Crippen LogP contribution is 2.32. The molecule has 1 aliphatic heterocycles. The highest BCUT2D eigenvalue weighted by Gasteiger charge is 2.26. The zero-order valence-corrected chi connectivity index (χ0v) is 8.72. The van der Waals surface area contributed by atoms with Crippen LogP contribution in [-0.4, -0.2) is 21.8 Å². The Morgan fingerprint density at radius 3 is 3.14 bits per heavy atom. The van der Waals surface area contributed by atoms with E-state index >= 15 is 0 Å². The molecule has 0 aromatic carbocycles. The third kappa shape index (κ3) is 1.79. The van der Waals surface area contributed by atoms with Crippen molar-refractivity contribution in [3.8, 4) is 0 Å². The monoisotopic (exact) mass is 211 g/mol. The summed E-state index contributed by atoms with van der Waals surface area (Å²) in [6, 6.07) is 0.278. The number of aromatic nitrogens is 2. The summed E-state index contributed by atoms with van der Waals surface area (Å²) in [6.07, 6.45) is 3.67. The van der Waals surface area contributed by atoms with Gasteiger partial charge in [-0.25, -0.2) is 0 Å². The van der Waals surface area contributed by atoms with Gasteiger partial charge in [0.2, 0.25) is 5.89 Å². The molecule has 1 aromatic heterocycles. The Morgan fingerprint density at radius 2 is 2.43 bits per heavy atom. The molecular formula is C9H13N3OS. The highest BCUT2D eigenvalue weighted by atomic mass is 32.2. The summed E-state index contributed by atoms with van der Waals surface area (Å²) in [4.78, 5) is 4.42. The molecule has 0 unspecified atom stereocenters. The van der Waals surface area contributed by atoms with E-state index in [2.05, 4.69) is 15.5 Å². The van der Waals surface area contributed by atoms with Gasteiger partial charge in [0.1, 0.15) is 0 Å². The standard InChI is InChI=1S/C9H13N3OS/c1-2-6(1)3-8-11-9(13-12-8)7-4-14-5-10-7/h6-7,10H,1-5H2/t7-/m1/s1. The number of nitrogens with zero attached hydrogens (tertiary/aromatic N) is 2. The molecule has 3 rings (SSSR count). The summed E-state index contributed by atoms with van der Waals surface area (Å²) < 4.78 is 5.24. The average molecular weight is 211 g/mol. The third-order valence-corrected chi connectivity index (χ3v) is 3.61. The van der Waals surface area contributed by atoms with E-state index in [0.717, 1.165) is 35.7 Å². The summed E-state index contributed by atoms with van der Waals surface area (Å²) in [5.41, 5.74) is 0. The molecule has 2 heterocycles. The predicted molar refractivity (Wildman–Crippen MR) is 53.9 cm³/mol. The first-order valence-corrected chi connectivity index (χ1v) is 6.21. The Hall–Kier alpha value is -0.550. The van der Waals surface area contributed by atoms with Gasteiger partial charge in [0.25, 0.3) is 0 Å². The summed E-state index contributed by atoms with van der Waals surface area (Å²) in [7, 11) is 0. The fourth-order valence-electron chi connectivity index (χ4n) is 1.63. The Bertz CT molecular complexity index is 318. The van der Waals surface area contributed by atoms with Crippen molar-refractivity contribution in [1.82, 2.24) is 15.5 Å². The zero-order valence-electron chi connectivity index (χ0n) is 7.90. The van der Waals surface area contributed by atoms with Crippen molar-refractivity contribution >= 4 is 11.8 Å². The normalized spacial score (nSPS) is 27.0. The minimum Gasteiger partial charge on any atom is -0.338 e. The van der Waals surface area contributed by atoms with Gasteiger partial charge in [0, 0.05) is 18.1 Å². The van der Waals surface area contributed by atoms with E-state index in [1.807, 2.05) is 11.8 Å². The van der Waals surface area contributed by atoms with Gasteiger partial charge in [0.15, 0.2) is 5.82 Å². The number of rotatable bonds is 3. The van der Waals surface area contributed by atoms with Gasteiger partial charge in [-0.05, 0) is 18.8 Å². The number of thioether (sulfide) groups is 1. The molecule has 0 radical (unpaired) electrons. The van der Waals surface area contributed by atoms with Crippen molar-refractivity contribution in [2.75, 3.05) is 11.6 Å². The molecular weight excluding hydrogens is 198 g/mol.